The molecule has 0 radical (unpaired) electrons. The van der Waals surface area contributed by atoms with Gasteiger partial charge in [-0.2, -0.15) is 0 Å². The van der Waals surface area contributed by atoms with Crippen LogP contribution in [-0.2, 0) is 21.3 Å². The summed E-state index contributed by atoms with van der Waals surface area (Å²) in [5.41, 5.74) is 0.966. The van der Waals surface area contributed by atoms with Gasteiger partial charge in [0.25, 0.3) is 5.92 Å². The van der Waals surface area contributed by atoms with Gasteiger partial charge in [0, 0.05) is 31.5 Å². The maximum absolute atomic E-state index is 13.7. The van der Waals surface area contributed by atoms with E-state index in [0.717, 1.165) is 18.7 Å². The Balaban J connectivity index is 2.17. The van der Waals surface area contributed by atoms with E-state index in [-0.39, 0.29) is 16.4 Å². The summed E-state index contributed by atoms with van der Waals surface area (Å²) in [6, 6.07) is 12.6. The lowest BCUT2D eigenvalue weighted by molar-refractivity contribution is 0.0174. The SMILES string of the molecule is C=C1[C@@H](c2ccc(C(C)(F)F)cc2)[C@@](C)(c2cccc(S(C)(=O)=O)c2)NC(=N)N1C. The number of nitrogens with one attached hydrogen (secondary N) is 2. The van der Waals surface area contributed by atoms with Crippen LogP contribution in [0, 0.1) is 5.41 Å². The number of hydrogen-bond donors (Lipinski definition) is 2. The molecule has 0 bridgehead atoms. The number of halogens is 2. The number of hydrogen-bond acceptors (Lipinski definition) is 3. The van der Waals surface area contributed by atoms with E-state index in [1.807, 2.05) is 6.92 Å². The van der Waals surface area contributed by atoms with Crippen molar-refractivity contribution >= 4 is 15.8 Å². The van der Waals surface area contributed by atoms with Gasteiger partial charge in [-0.1, -0.05) is 43.0 Å². The summed E-state index contributed by atoms with van der Waals surface area (Å²) in [6.07, 6.45) is 1.14. The summed E-state index contributed by atoms with van der Waals surface area (Å²) in [4.78, 5) is 1.76. The van der Waals surface area contributed by atoms with Crippen molar-refractivity contribution < 1.29 is 17.2 Å². The van der Waals surface area contributed by atoms with Crippen LogP contribution in [0.2, 0.25) is 0 Å². The van der Waals surface area contributed by atoms with Gasteiger partial charge in [0.1, 0.15) is 0 Å². The van der Waals surface area contributed by atoms with Crippen molar-refractivity contribution in [2.75, 3.05) is 13.3 Å². The zero-order chi connectivity index (χ0) is 22.5. The molecule has 0 spiro atoms. The third kappa shape index (κ3) is 3.84. The fourth-order valence-electron chi connectivity index (χ4n) is 3.86. The molecule has 2 N–H and O–H groups in total. The first-order valence-electron chi connectivity index (χ1n) is 9.33. The molecule has 1 heterocycles. The fourth-order valence-corrected chi connectivity index (χ4v) is 4.52. The van der Waals surface area contributed by atoms with Crippen molar-refractivity contribution in [3.05, 3.63) is 77.5 Å². The van der Waals surface area contributed by atoms with Crippen LogP contribution in [0.25, 0.3) is 0 Å². The molecule has 1 aliphatic rings. The zero-order valence-corrected chi connectivity index (χ0v) is 18.1. The first-order valence-corrected chi connectivity index (χ1v) is 11.2. The number of benzene rings is 2. The average molecular weight is 434 g/mol. The van der Waals surface area contributed by atoms with Gasteiger partial charge < -0.3 is 10.2 Å². The number of guanidine groups is 1. The minimum absolute atomic E-state index is 0.0949. The van der Waals surface area contributed by atoms with E-state index < -0.39 is 27.2 Å². The van der Waals surface area contributed by atoms with Gasteiger partial charge in [0.15, 0.2) is 15.8 Å². The molecule has 5 nitrogen and oxygen atoms in total. The molecule has 0 amide bonds. The van der Waals surface area contributed by atoms with Crippen LogP contribution in [0.4, 0.5) is 8.78 Å². The first-order chi connectivity index (χ1) is 13.7. The van der Waals surface area contributed by atoms with Gasteiger partial charge in [-0.3, -0.25) is 5.41 Å². The molecule has 2 atom stereocenters. The van der Waals surface area contributed by atoms with Crippen LogP contribution in [0.5, 0.6) is 0 Å². The van der Waals surface area contributed by atoms with Crippen molar-refractivity contribution in [1.29, 1.82) is 5.41 Å². The molecule has 0 saturated carbocycles. The lowest BCUT2D eigenvalue weighted by Crippen LogP contribution is -2.58. The Bertz CT molecular complexity index is 1110. The number of likely N-dealkylation sites (N-methyl/N-ethyl adjacent to an activating group) is 1. The highest BCUT2D eigenvalue weighted by atomic mass is 32.2. The second kappa shape index (κ2) is 7.19. The molecule has 3 rings (SSSR count). The molecule has 2 aromatic carbocycles. The minimum Gasteiger partial charge on any atom is -0.346 e. The monoisotopic (exact) mass is 433 g/mol. The Morgan fingerprint density at radius 3 is 2.33 bits per heavy atom. The molecular weight excluding hydrogens is 408 g/mol. The highest BCUT2D eigenvalue weighted by Gasteiger charge is 2.45. The predicted octanol–water partition coefficient (Wildman–Crippen LogP) is 4.18. The van der Waals surface area contributed by atoms with Crippen molar-refractivity contribution in [3.63, 3.8) is 0 Å². The van der Waals surface area contributed by atoms with Crippen LogP contribution in [0.1, 0.15) is 36.5 Å². The summed E-state index contributed by atoms with van der Waals surface area (Å²) < 4.78 is 51.5. The summed E-state index contributed by atoms with van der Waals surface area (Å²) in [7, 11) is -1.73. The van der Waals surface area contributed by atoms with Crippen molar-refractivity contribution in [3.8, 4) is 0 Å². The fraction of sp³-hybridized carbons (Fsp3) is 0.318. The summed E-state index contributed by atoms with van der Waals surface area (Å²) >= 11 is 0. The standard InChI is InChI=1S/C22H25F2N3O2S/c1-14-19(15-9-11-16(12-10-15)22(3,23)24)21(2,26-20(25)27(14)4)17-7-6-8-18(13-17)30(5,28)29/h6-13,19H,1H2,2-5H3,(H2,25,26)/t19-,21+/m0/s1. The van der Waals surface area contributed by atoms with Gasteiger partial charge in [0.2, 0.25) is 0 Å². The van der Waals surface area contributed by atoms with Gasteiger partial charge in [-0.05, 0) is 30.2 Å². The largest absolute Gasteiger partial charge is 0.346 e. The van der Waals surface area contributed by atoms with E-state index in [1.54, 1.807) is 42.3 Å². The van der Waals surface area contributed by atoms with Crippen LogP contribution < -0.4 is 5.32 Å². The Labute approximate surface area is 175 Å². The molecule has 160 valence electrons. The number of nitrogens with zero attached hydrogens (tertiary/aromatic N) is 1. The van der Waals surface area contributed by atoms with Gasteiger partial charge in [0.05, 0.1) is 16.4 Å². The Kier molecular flexibility index (Phi) is 5.27. The van der Waals surface area contributed by atoms with Crippen LogP contribution in [0.15, 0.2) is 65.7 Å². The predicted molar refractivity (Wildman–Crippen MR) is 113 cm³/mol. The van der Waals surface area contributed by atoms with Gasteiger partial charge >= 0.3 is 0 Å². The number of rotatable bonds is 4. The molecular formula is C22H25F2N3O2S. The summed E-state index contributed by atoms with van der Waals surface area (Å²) in [5.74, 6) is -3.27. The molecule has 0 aliphatic carbocycles. The molecule has 1 aliphatic heterocycles. The third-order valence-electron chi connectivity index (χ3n) is 5.67. The number of sulfone groups is 1. The lowest BCUT2D eigenvalue weighted by Gasteiger charge is -2.48. The number of alkyl halides is 2. The highest BCUT2D eigenvalue weighted by Crippen LogP contribution is 2.45. The van der Waals surface area contributed by atoms with E-state index in [0.29, 0.717) is 11.3 Å². The van der Waals surface area contributed by atoms with Crippen LogP contribution in [-0.4, -0.2) is 32.6 Å². The molecule has 0 aromatic heterocycles. The third-order valence-corrected chi connectivity index (χ3v) is 6.78. The smallest absolute Gasteiger partial charge is 0.270 e. The Morgan fingerprint density at radius 2 is 1.80 bits per heavy atom. The molecule has 2 aromatic rings. The van der Waals surface area contributed by atoms with E-state index in [2.05, 4.69) is 11.9 Å². The molecule has 1 fully saturated rings. The van der Waals surface area contributed by atoms with Crippen LogP contribution >= 0.6 is 0 Å². The maximum Gasteiger partial charge on any atom is 0.270 e. The first kappa shape index (κ1) is 22.0. The highest BCUT2D eigenvalue weighted by molar-refractivity contribution is 7.90. The van der Waals surface area contributed by atoms with E-state index in [9.17, 15) is 17.2 Å². The van der Waals surface area contributed by atoms with E-state index in [1.165, 1.54) is 18.2 Å². The summed E-state index contributed by atoms with van der Waals surface area (Å²) in [5, 5.41) is 11.5. The maximum atomic E-state index is 13.7. The quantitative estimate of drug-likeness (QED) is 0.759. The lowest BCUT2D eigenvalue weighted by atomic mass is 9.72. The van der Waals surface area contributed by atoms with Crippen molar-refractivity contribution in [2.45, 2.75) is 36.1 Å². The zero-order valence-electron chi connectivity index (χ0n) is 17.3. The summed E-state index contributed by atoms with van der Waals surface area (Å²) in [6.45, 7) is 6.85. The van der Waals surface area contributed by atoms with Crippen molar-refractivity contribution in [2.24, 2.45) is 0 Å². The normalized spacial score (nSPS) is 22.7. The van der Waals surface area contributed by atoms with Crippen LogP contribution in [0.3, 0.4) is 0 Å². The molecule has 30 heavy (non-hydrogen) atoms. The average Bonchev–Trinajstić information content (AvgIpc) is 2.65. The topological polar surface area (TPSA) is 73.3 Å². The van der Waals surface area contributed by atoms with Crippen molar-refractivity contribution in [1.82, 2.24) is 10.2 Å². The van der Waals surface area contributed by atoms with E-state index >= 15 is 0 Å². The second-order valence-electron chi connectivity index (χ2n) is 7.97. The molecule has 8 heteroatoms. The molecule has 1 saturated heterocycles. The molecule has 0 unspecified atom stereocenters. The minimum atomic E-state index is -3.43. The Hall–Kier alpha value is -2.74. The van der Waals surface area contributed by atoms with Gasteiger partial charge in [-0.15, -0.1) is 0 Å². The second-order valence-corrected chi connectivity index (χ2v) is 9.99. The Morgan fingerprint density at radius 1 is 1.20 bits per heavy atom. The van der Waals surface area contributed by atoms with Gasteiger partial charge in [-0.25, -0.2) is 17.2 Å². The van der Waals surface area contributed by atoms with E-state index in [4.69, 9.17) is 5.41 Å².